The summed E-state index contributed by atoms with van der Waals surface area (Å²) in [7, 11) is 6.00. The number of rotatable bonds is 5. The van der Waals surface area contributed by atoms with Crippen molar-refractivity contribution in [1.29, 1.82) is 0 Å². The molecule has 0 aromatic rings. The highest BCUT2D eigenvalue weighted by atomic mass is 16.2. The van der Waals surface area contributed by atoms with Crippen molar-refractivity contribution in [3.05, 3.63) is 0 Å². The summed E-state index contributed by atoms with van der Waals surface area (Å²) in [6.07, 6.45) is 0.968. The number of hydrogen-bond acceptors (Lipinski definition) is 3. The Bertz CT molecular complexity index is 257. The molecule has 1 saturated heterocycles. The molecule has 1 heterocycles. The SMILES string of the molecule is CC(C)C1(C(=O)N(C)CCN(C)C)CCNC1. The first-order valence-electron chi connectivity index (χ1n) is 6.51. The third-order valence-electron chi connectivity index (χ3n) is 3.95. The van der Waals surface area contributed by atoms with Gasteiger partial charge < -0.3 is 15.1 Å². The molecule has 0 aromatic heterocycles. The largest absolute Gasteiger partial charge is 0.344 e. The Balaban J connectivity index is 2.65. The van der Waals surface area contributed by atoms with Gasteiger partial charge in [-0.15, -0.1) is 0 Å². The summed E-state index contributed by atoms with van der Waals surface area (Å²) in [6.45, 7) is 7.83. The first-order valence-corrected chi connectivity index (χ1v) is 6.51. The minimum Gasteiger partial charge on any atom is -0.344 e. The maximum absolute atomic E-state index is 12.6. The van der Waals surface area contributed by atoms with Gasteiger partial charge in [-0.2, -0.15) is 0 Å². The van der Waals surface area contributed by atoms with Gasteiger partial charge in [0.05, 0.1) is 5.41 Å². The van der Waals surface area contributed by atoms with E-state index in [-0.39, 0.29) is 5.41 Å². The van der Waals surface area contributed by atoms with E-state index in [4.69, 9.17) is 0 Å². The van der Waals surface area contributed by atoms with Gasteiger partial charge in [0.2, 0.25) is 5.91 Å². The third-order valence-corrected chi connectivity index (χ3v) is 3.95. The van der Waals surface area contributed by atoms with Gasteiger partial charge in [-0.05, 0) is 33.0 Å². The number of nitrogens with one attached hydrogen (secondary N) is 1. The van der Waals surface area contributed by atoms with Gasteiger partial charge in [0, 0.05) is 26.7 Å². The van der Waals surface area contributed by atoms with Gasteiger partial charge in [0.15, 0.2) is 0 Å². The molecule has 1 aliphatic heterocycles. The zero-order valence-corrected chi connectivity index (χ0v) is 11.9. The average molecular weight is 241 g/mol. The van der Waals surface area contributed by atoms with Crippen molar-refractivity contribution in [2.75, 3.05) is 47.3 Å². The van der Waals surface area contributed by atoms with E-state index in [2.05, 4.69) is 24.1 Å². The molecule has 1 rings (SSSR count). The molecule has 1 aliphatic rings. The van der Waals surface area contributed by atoms with E-state index in [1.807, 2.05) is 26.0 Å². The van der Waals surface area contributed by atoms with Crippen LogP contribution in [-0.4, -0.2) is 63.0 Å². The molecule has 0 saturated carbocycles. The molecule has 1 atom stereocenters. The van der Waals surface area contributed by atoms with E-state index in [0.29, 0.717) is 11.8 Å². The molecule has 17 heavy (non-hydrogen) atoms. The molecule has 1 amide bonds. The quantitative estimate of drug-likeness (QED) is 0.767. The maximum Gasteiger partial charge on any atom is 0.230 e. The van der Waals surface area contributed by atoms with Crippen LogP contribution in [0.25, 0.3) is 0 Å². The van der Waals surface area contributed by atoms with Crippen LogP contribution in [0.3, 0.4) is 0 Å². The first kappa shape index (κ1) is 14.5. The second-order valence-corrected chi connectivity index (χ2v) is 5.77. The van der Waals surface area contributed by atoms with Crippen molar-refractivity contribution in [1.82, 2.24) is 15.1 Å². The first-order chi connectivity index (χ1) is 7.90. The van der Waals surface area contributed by atoms with Crippen molar-refractivity contribution in [2.45, 2.75) is 20.3 Å². The predicted octanol–water partition coefficient (Wildman–Crippen LogP) is 0.642. The highest BCUT2D eigenvalue weighted by Crippen LogP contribution is 2.35. The van der Waals surface area contributed by atoms with Crippen LogP contribution in [0.1, 0.15) is 20.3 Å². The molecule has 0 bridgehead atoms. The van der Waals surface area contributed by atoms with Crippen molar-refractivity contribution < 1.29 is 4.79 Å². The van der Waals surface area contributed by atoms with E-state index >= 15 is 0 Å². The van der Waals surface area contributed by atoms with Gasteiger partial charge in [0.1, 0.15) is 0 Å². The Morgan fingerprint density at radius 2 is 1.94 bits per heavy atom. The fourth-order valence-electron chi connectivity index (χ4n) is 2.47. The molecule has 1 fully saturated rings. The molecule has 0 aliphatic carbocycles. The minimum atomic E-state index is -0.180. The van der Waals surface area contributed by atoms with E-state index < -0.39 is 0 Å². The molecule has 0 radical (unpaired) electrons. The molecular formula is C13H27N3O. The highest BCUT2D eigenvalue weighted by Gasteiger charge is 2.45. The fraction of sp³-hybridized carbons (Fsp3) is 0.923. The third kappa shape index (κ3) is 3.19. The Kier molecular flexibility index (Phi) is 4.95. The van der Waals surface area contributed by atoms with E-state index in [1.54, 1.807) is 0 Å². The lowest BCUT2D eigenvalue weighted by atomic mass is 9.75. The minimum absolute atomic E-state index is 0.180. The molecule has 1 N–H and O–H groups in total. The van der Waals surface area contributed by atoms with E-state index in [1.165, 1.54) is 0 Å². The van der Waals surface area contributed by atoms with Crippen LogP contribution in [0.2, 0.25) is 0 Å². The van der Waals surface area contributed by atoms with Crippen molar-refractivity contribution in [3.8, 4) is 0 Å². The Labute approximate surface area is 105 Å². The Morgan fingerprint density at radius 3 is 2.35 bits per heavy atom. The summed E-state index contributed by atoms with van der Waals surface area (Å²) in [4.78, 5) is 16.6. The highest BCUT2D eigenvalue weighted by molar-refractivity contribution is 5.83. The number of nitrogens with zero attached hydrogens (tertiary/aromatic N) is 2. The second kappa shape index (κ2) is 5.83. The fourth-order valence-corrected chi connectivity index (χ4v) is 2.47. The van der Waals surface area contributed by atoms with Crippen LogP contribution in [0.15, 0.2) is 0 Å². The van der Waals surface area contributed by atoms with Gasteiger partial charge in [-0.1, -0.05) is 13.8 Å². The summed E-state index contributed by atoms with van der Waals surface area (Å²) in [5.41, 5.74) is -0.180. The van der Waals surface area contributed by atoms with Crippen LogP contribution in [0, 0.1) is 11.3 Å². The number of carbonyl (C=O) groups is 1. The molecule has 1 unspecified atom stereocenters. The summed E-state index contributed by atoms with van der Waals surface area (Å²) in [5.74, 6) is 0.700. The van der Waals surface area contributed by atoms with Crippen LogP contribution < -0.4 is 5.32 Å². The number of likely N-dealkylation sites (N-methyl/N-ethyl adjacent to an activating group) is 2. The monoisotopic (exact) mass is 241 g/mol. The van der Waals surface area contributed by atoms with Crippen LogP contribution in [0.4, 0.5) is 0 Å². The normalized spacial score (nSPS) is 24.6. The number of carbonyl (C=O) groups excluding carboxylic acids is 1. The maximum atomic E-state index is 12.6. The molecule has 4 heteroatoms. The Morgan fingerprint density at radius 1 is 1.29 bits per heavy atom. The van der Waals surface area contributed by atoms with Crippen LogP contribution >= 0.6 is 0 Å². The standard InChI is InChI=1S/C13H27N3O/c1-11(2)13(6-7-14-10-13)12(17)16(5)9-8-15(3)4/h11,14H,6-10H2,1-5H3. The van der Waals surface area contributed by atoms with Gasteiger partial charge in [0.25, 0.3) is 0 Å². The van der Waals surface area contributed by atoms with E-state index in [0.717, 1.165) is 32.6 Å². The smallest absolute Gasteiger partial charge is 0.230 e. The van der Waals surface area contributed by atoms with E-state index in [9.17, 15) is 4.79 Å². The summed E-state index contributed by atoms with van der Waals surface area (Å²) in [5, 5.41) is 3.34. The van der Waals surface area contributed by atoms with Crippen molar-refractivity contribution in [3.63, 3.8) is 0 Å². The molecule has 0 aromatic carbocycles. The van der Waals surface area contributed by atoms with Gasteiger partial charge >= 0.3 is 0 Å². The zero-order valence-electron chi connectivity index (χ0n) is 11.9. The zero-order chi connectivity index (χ0) is 13.1. The lowest BCUT2D eigenvalue weighted by Gasteiger charge is -2.35. The van der Waals surface area contributed by atoms with Gasteiger partial charge in [-0.3, -0.25) is 4.79 Å². The average Bonchev–Trinajstić information content (AvgIpc) is 2.74. The van der Waals surface area contributed by atoms with Crippen LogP contribution in [0.5, 0.6) is 0 Å². The van der Waals surface area contributed by atoms with Crippen molar-refractivity contribution in [2.24, 2.45) is 11.3 Å². The molecular weight excluding hydrogens is 214 g/mol. The number of amides is 1. The summed E-state index contributed by atoms with van der Waals surface area (Å²) in [6, 6.07) is 0. The topological polar surface area (TPSA) is 35.6 Å². The molecule has 0 spiro atoms. The predicted molar refractivity (Wildman–Crippen MR) is 70.9 cm³/mol. The van der Waals surface area contributed by atoms with Crippen molar-refractivity contribution >= 4 is 5.91 Å². The summed E-state index contributed by atoms with van der Waals surface area (Å²) < 4.78 is 0. The van der Waals surface area contributed by atoms with Gasteiger partial charge in [-0.25, -0.2) is 0 Å². The second-order valence-electron chi connectivity index (χ2n) is 5.77. The molecule has 100 valence electrons. The molecule has 4 nitrogen and oxygen atoms in total. The van der Waals surface area contributed by atoms with Crippen LogP contribution in [-0.2, 0) is 4.79 Å². The lowest BCUT2D eigenvalue weighted by Crippen LogP contribution is -2.48. The number of hydrogen-bond donors (Lipinski definition) is 1. The lowest BCUT2D eigenvalue weighted by molar-refractivity contribution is -0.142. The summed E-state index contributed by atoms with van der Waals surface area (Å²) >= 11 is 0. The Hall–Kier alpha value is -0.610.